The van der Waals surface area contributed by atoms with Crippen LogP contribution < -0.4 is 10.1 Å². The first-order valence-electron chi connectivity index (χ1n) is 7.66. The average molecular weight is 277 g/mol. The highest BCUT2D eigenvalue weighted by molar-refractivity contribution is 5.38. The lowest BCUT2D eigenvalue weighted by molar-refractivity contribution is -0.00168. The molecule has 0 aliphatic carbocycles. The number of nitrogens with one attached hydrogen (secondary N) is 1. The summed E-state index contributed by atoms with van der Waals surface area (Å²) in [4.78, 5) is 0. The molecule has 1 N–H and O–H groups in total. The van der Waals surface area contributed by atoms with E-state index < -0.39 is 0 Å². The third-order valence-electron chi connectivity index (χ3n) is 4.16. The molecule has 1 aromatic rings. The Balaban J connectivity index is 2.04. The monoisotopic (exact) mass is 277 g/mol. The highest BCUT2D eigenvalue weighted by atomic mass is 16.5. The van der Waals surface area contributed by atoms with E-state index in [0.29, 0.717) is 18.2 Å². The minimum atomic E-state index is 0.297. The molecule has 1 heterocycles. The molecule has 1 aliphatic heterocycles. The van der Waals surface area contributed by atoms with Gasteiger partial charge in [0.25, 0.3) is 0 Å². The van der Waals surface area contributed by atoms with Crippen molar-refractivity contribution in [2.45, 2.75) is 58.2 Å². The molecular formula is C17H27NO2. The van der Waals surface area contributed by atoms with Crippen molar-refractivity contribution in [3.05, 3.63) is 29.3 Å². The first kappa shape index (κ1) is 15.3. The molecule has 3 nitrogen and oxygen atoms in total. The van der Waals surface area contributed by atoms with Crippen LogP contribution in [0.4, 0.5) is 0 Å². The van der Waals surface area contributed by atoms with E-state index in [2.05, 4.69) is 44.3 Å². The van der Waals surface area contributed by atoms with Gasteiger partial charge in [0.1, 0.15) is 5.75 Å². The quantitative estimate of drug-likeness (QED) is 0.892. The van der Waals surface area contributed by atoms with Gasteiger partial charge in [0.15, 0.2) is 0 Å². The summed E-state index contributed by atoms with van der Waals surface area (Å²) in [6, 6.07) is 7.20. The SMILES string of the molecule is CCC1CC(NC(C)c2cc(C)ccc2OC)CCO1. The molecule has 0 saturated carbocycles. The minimum Gasteiger partial charge on any atom is -0.496 e. The summed E-state index contributed by atoms with van der Waals surface area (Å²) in [6.45, 7) is 7.40. The Bertz CT molecular complexity index is 433. The number of hydrogen-bond donors (Lipinski definition) is 1. The van der Waals surface area contributed by atoms with Crippen molar-refractivity contribution in [2.75, 3.05) is 13.7 Å². The largest absolute Gasteiger partial charge is 0.496 e. The van der Waals surface area contributed by atoms with Crippen molar-refractivity contribution in [3.63, 3.8) is 0 Å². The van der Waals surface area contributed by atoms with Crippen molar-refractivity contribution in [1.29, 1.82) is 0 Å². The number of hydrogen-bond acceptors (Lipinski definition) is 3. The van der Waals surface area contributed by atoms with E-state index in [0.717, 1.165) is 31.6 Å². The van der Waals surface area contributed by atoms with Gasteiger partial charge in [-0.3, -0.25) is 0 Å². The fourth-order valence-electron chi connectivity index (χ4n) is 2.95. The van der Waals surface area contributed by atoms with Crippen LogP contribution in [0.25, 0.3) is 0 Å². The third kappa shape index (κ3) is 3.74. The van der Waals surface area contributed by atoms with Crippen LogP contribution in [0, 0.1) is 6.92 Å². The number of methoxy groups -OCH3 is 1. The lowest BCUT2D eigenvalue weighted by Gasteiger charge is -2.32. The minimum absolute atomic E-state index is 0.297. The number of rotatable bonds is 5. The Morgan fingerprint density at radius 2 is 2.25 bits per heavy atom. The molecule has 3 unspecified atom stereocenters. The second kappa shape index (κ2) is 7.09. The maximum atomic E-state index is 5.74. The number of ether oxygens (including phenoxy) is 2. The van der Waals surface area contributed by atoms with E-state index in [9.17, 15) is 0 Å². The van der Waals surface area contributed by atoms with Crippen molar-refractivity contribution in [1.82, 2.24) is 5.32 Å². The molecule has 0 bridgehead atoms. The van der Waals surface area contributed by atoms with Gasteiger partial charge in [-0.15, -0.1) is 0 Å². The molecule has 1 fully saturated rings. The van der Waals surface area contributed by atoms with Gasteiger partial charge in [-0.25, -0.2) is 0 Å². The van der Waals surface area contributed by atoms with Crippen LogP contribution in [-0.4, -0.2) is 25.9 Å². The van der Waals surface area contributed by atoms with Crippen molar-refractivity contribution >= 4 is 0 Å². The number of aryl methyl sites for hydroxylation is 1. The third-order valence-corrected chi connectivity index (χ3v) is 4.16. The molecule has 1 saturated heterocycles. The van der Waals surface area contributed by atoms with E-state index in [1.807, 2.05) is 0 Å². The van der Waals surface area contributed by atoms with Crippen LogP contribution in [-0.2, 0) is 4.74 Å². The Labute approximate surface area is 122 Å². The van der Waals surface area contributed by atoms with Crippen LogP contribution in [0.2, 0.25) is 0 Å². The number of benzene rings is 1. The molecule has 0 amide bonds. The average Bonchev–Trinajstić information content (AvgIpc) is 2.47. The fourth-order valence-corrected chi connectivity index (χ4v) is 2.95. The topological polar surface area (TPSA) is 30.5 Å². The maximum Gasteiger partial charge on any atom is 0.123 e. The molecule has 2 rings (SSSR count). The zero-order valence-corrected chi connectivity index (χ0v) is 13.1. The standard InChI is InChI=1S/C17H27NO2/c1-5-15-11-14(8-9-20-15)18-13(3)16-10-12(2)6-7-17(16)19-4/h6-7,10,13-15,18H,5,8-9,11H2,1-4H3. The summed E-state index contributed by atoms with van der Waals surface area (Å²) in [7, 11) is 1.74. The van der Waals surface area contributed by atoms with Crippen molar-refractivity contribution in [2.24, 2.45) is 0 Å². The first-order valence-corrected chi connectivity index (χ1v) is 7.66. The van der Waals surface area contributed by atoms with Gasteiger partial charge in [-0.2, -0.15) is 0 Å². The van der Waals surface area contributed by atoms with Crippen molar-refractivity contribution in [3.8, 4) is 5.75 Å². The molecule has 3 heteroatoms. The summed E-state index contributed by atoms with van der Waals surface area (Å²) in [5.41, 5.74) is 2.51. The van der Waals surface area contributed by atoms with Gasteiger partial charge in [0, 0.05) is 24.3 Å². The molecular weight excluding hydrogens is 250 g/mol. The first-order chi connectivity index (χ1) is 9.63. The van der Waals surface area contributed by atoms with Crippen LogP contribution in [0.15, 0.2) is 18.2 Å². The Morgan fingerprint density at radius 3 is 2.95 bits per heavy atom. The van der Waals surface area contributed by atoms with E-state index in [-0.39, 0.29) is 0 Å². The molecule has 1 aliphatic rings. The lowest BCUT2D eigenvalue weighted by Crippen LogP contribution is -2.40. The predicted octanol–water partition coefficient (Wildman–Crippen LogP) is 3.61. The van der Waals surface area contributed by atoms with Crippen LogP contribution in [0.1, 0.15) is 50.3 Å². The van der Waals surface area contributed by atoms with Gasteiger partial charge < -0.3 is 14.8 Å². The lowest BCUT2D eigenvalue weighted by atomic mass is 9.98. The zero-order valence-electron chi connectivity index (χ0n) is 13.1. The fraction of sp³-hybridized carbons (Fsp3) is 0.647. The van der Waals surface area contributed by atoms with Crippen LogP contribution in [0.3, 0.4) is 0 Å². The second-order valence-electron chi connectivity index (χ2n) is 5.76. The predicted molar refractivity (Wildman–Crippen MR) is 82.3 cm³/mol. The second-order valence-corrected chi connectivity index (χ2v) is 5.76. The van der Waals surface area contributed by atoms with Gasteiger partial charge in [0.05, 0.1) is 13.2 Å². The maximum absolute atomic E-state index is 5.74. The van der Waals surface area contributed by atoms with Gasteiger partial charge >= 0.3 is 0 Å². The van der Waals surface area contributed by atoms with Gasteiger partial charge in [-0.05, 0) is 39.2 Å². The molecule has 0 spiro atoms. The van der Waals surface area contributed by atoms with Gasteiger partial charge in [-0.1, -0.05) is 24.6 Å². The summed E-state index contributed by atoms with van der Waals surface area (Å²) < 4.78 is 11.2. The Hall–Kier alpha value is -1.06. The van der Waals surface area contributed by atoms with E-state index in [1.54, 1.807) is 7.11 Å². The molecule has 3 atom stereocenters. The summed E-state index contributed by atoms with van der Waals surface area (Å²) in [5, 5.41) is 3.74. The smallest absolute Gasteiger partial charge is 0.123 e. The van der Waals surface area contributed by atoms with Crippen LogP contribution in [0.5, 0.6) is 5.75 Å². The summed E-state index contributed by atoms with van der Waals surface area (Å²) in [6.07, 6.45) is 3.71. The Kier molecular flexibility index (Phi) is 5.44. The normalized spacial score (nSPS) is 24.4. The van der Waals surface area contributed by atoms with E-state index in [1.165, 1.54) is 11.1 Å². The van der Waals surface area contributed by atoms with Crippen LogP contribution >= 0.6 is 0 Å². The molecule has 112 valence electrons. The molecule has 1 aromatic carbocycles. The summed E-state index contributed by atoms with van der Waals surface area (Å²) >= 11 is 0. The highest BCUT2D eigenvalue weighted by Gasteiger charge is 2.23. The van der Waals surface area contributed by atoms with Gasteiger partial charge in [0.2, 0.25) is 0 Å². The molecule has 20 heavy (non-hydrogen) atoms. The zero-order chi connectivity index (χ0) is 14.5. The highest BCUT2D eigenvalue weighted by Crippen LogP contribution is 2.28. The summed E-state index contributed by atoms with van der Waals surface area (Å²) in [5.74, 6) is 0.967. The van der Waals surface area contributed by atoms with E-state index >= 15 is 0 Å². The van der Waals surface area contributed by atoms with E-state index in [4.69, 9.17) is 9.47 Å². The molecule has 0 radical (unpaired) electrons. The molecule has 0 aromatic heterocycles. The Morgan fingerprint density at radius 1 is 1.45 bits per heavy atom. The van der Waals surface area contributed by atoms with Crippen molar-refractivity contribution < 1.29 is 9.47 Å².